The van der Waals surface area contributed by atoms with E-state index in [1.165, 1.54) is 19.8 Å². The lowest BCUT2D eigenvalue weighted by Gasteiger charge is -2.10. The number of esters is 2. The topological polar surface area (TPSA) is 64.6 Å². The molecule has 2 aromatic rings. The van der Waals surface area contributed by atoms with Gasteiger partial charge in [-0.3, -0.25) is 0 Å². The Morgan fingerprint density at radius 2 is 1.62 bits per heavy atom. The molecule has 5 nitrogen and oxygen atoms in total. The Bertz CT molecular complexity index is 763. The number of hydrogen-bond acceptors (Lipinski definition) is 5. The van der Waals surface area contributed by atoms with Crippen LogP contribution in [-0.4, -0.2) is 26.2 Å². The molecular formula is C19H19NO4. The summed E-state index contributed by atoms with van der Waals surface area (Å²) in [4.78, 5) is 23.1. The average Bonchev–Trinajstić information content (AvgIpc) is 2.61. The van der Waals surface area contributed by atoms with Crippen molar-refractivity contribution in [3.8, 4) is 11.1 Å². The minimum atomic E-state index is -0.650. The summed E-state index contributed by atoms with van der Waals surface area (Å²) < 4.78 is 9.20. The van der Waals surface area contributed by atoms with Gasteiger partial charge in [-0.2, -0.15) is 0 Å². The molecule has 0 saturated carbocycles. The first-order valence-corrected chi connectivity index (χ1v) is 7.36. The summed E-state index contributed by atoms with van der Waals surface area (Å²) in [6.07, 6.45) is 1.06. The van der Waals surface area contributed by atoms with Crippen LogP contribution >= 0.6 is 0 Å². The number of hydrogen-bond donors (Lipinski definition) is 1. The van der Waals surface area contributed by atoms with Crippen LogP contribution in [0, 0.1) is 6.92 Å². The molecule has 0 spiro atoms. The maximum absolute atomic E-state index is 11.7. The minimum absolute atomic E-state index is 0.00740. The summed E-state index contributed by atoms with van der Waals surface area (Å²) in [6.45, 7) is 2.05. The summed E-state index contributed by atoms with van der Waals surface area (Å²) in [5.41, 5.74) is 4.05. The molecule has 2 rings (SSSR count). The Hall–Kier alpha value is -3.08. The van der Waals surface area contributed by atoms with E-state index in [4.69, 9.17) is 0 Å². The van der Waals surface area contributed by atoms with Gasteiger partial charge in [-0.15, -0.1) is 0 Å². The monoisotopic (exact) mass is 325 g/mol. The molecule has 124 valence electrons. The van der Waals surface area contributed by atoms with Crippen molar-refractivity contribution in [3.63, 3.8) is 0 Å². The molecule has 0 unspecified atom stereocenters. The maximum Gasteiger partial charge on any atom is 0.354 e. The van der Waals surface area contributed by atoms with Gasteiger partial charge in [-0.05, 0) is 35.7 Å². The summed E-state index contributed by atoms with van der Waals surface area (Å²) in [5.74, 6) is -1.29. The van der Waals surface area contributed by atoms with Crippen LogP contribution in [-0.2, 0) is 19.1 Å². The zero-order chi connectivity index (χ0) is 17.5. The van der Waals surface area contributed by atoms with Crippen molar-refractivity contribution in [2.45, 2.75) is 6.92 Å². The first-order chi connectivity index (χ1) is 11.5. The summed E-state index contributed by atoms with van der Waals surface area (Å²) in [5, 5.41) is 2.87. The van der Waals surface area contributed by atoms with Crippen molar-refractivity contribution in [2.24, 2.45) is 0 Å². The Morgan fingerprint density at radius 1 is 0.958 bits per heavy atom. The fourth-order valence-electron chi connectivity index (χ4n) is 2.22. The van der Waals surface area contributed by atoms with E-state index in [2.05, 4.69) is 33.8 Å². The van der Waals surface area contributed by atoms with Gasteiger partial charge in [0, 0.05) is 5.69 Å². The third-order valence-electron chi connectivity index (χ3n) is 3.49. The van der Waals surface area contributed by atoms with E-state index < -0.39 is 11.9 Å². The number of ether oxygens (including phenoxy) is 2. The standard InChI is InChI=1S/C19H19NO4/c1-13-6-4-5-7-16(13)14-8-10-15(11-9-14)20-17(19(22)24-3)12-18(21)23-2/h4-12,20H,1-3H3/b17-12+. The van der Waals surface area contributed by atoms with Gasteiger partial charge in [0.25, 0.3) is 0 Å². The second kappa shape index (κ2) is 7.97. The molecule has 1 N–H and O–H groups in total. The molecule has 0 atom stereocenters. The van der Waals surface area contributed by atoms with E-state index in [0.717, 1.165) is 17.2 Å². The molecular weight excluding hydrogens is 306 g/mol. The van der Waals surface area contributed by atoms with Gasteiger partial charge in [0.05, 0.1) is 20.3 Å². The van der Waals surface area contributed by atoms with Gasteiger partial charge < -0.3 is 14.8 Å². The molecule has 0 bridgehead atoms. The Kier molecular flexibility index (Phi) is 5.73. The van der Waals surface area contributed by atoms with Gasteiger partial charge in [0.1, 0.15) is 5.70 Å². The quantitative estimate of drug-likeness (QED) is 0.675. The number of anilines is 1. The van der Waals surface area contributed by atoms with Gasteiger partial charge in [-0.25, -0.2) is 9.59 Å². The SMILES string of the molecule is COC(=O)/C=C(/Nc1ccc(-c2ccccc2C)cc1)C(=O)OC. The lowest BCUT2D eigenvalue weighted by molar-refractivity contribution is -0.138. The van der Waals surface area contributed by atoms with Gasteiger partial charge in [-0.1, -0.05) is 36.4 Å². The van der Waals surface area contributed by atoms with Crippen LogP contribution in [0.2, 0.25) is 0 Å². The van der Waals surface area contributed by atoms with E-state index >= 15 is 0 Å². The molecule has 0 aliphatic heterocycles. The number of methoxy groups -OCH3 is 2. The van der Waals surface area contributed by atoms with Crippen LogP contribution in [0.1, 0.15) is 5.56 Å². The number of benzene rings is 2. The highest BCUT2D eigenvalue weighted by Crippen LogP contribution is 2.25. The van der Waals surface area contributed by atoms with E-state index in [-0.39, 0.29) is 5.70 Å². The molecule has 0 aliphatic carbocycles. The van der Waals surface area contributed by atoms with Crippen molar-refractivity contribution in [1.82, 2.24) is 0 Å². The van der Waals surface area contributed by atoms with E-state index in [1.807, 2.05) is 36.4 Å². The second-order valence-electron chi connectivity index (χ2n) is 5.09. The van der Waals surface area contributed by atoms with Crippen molar-refractivity contribution in [3.05, 3.63) is 65.9 Å². The van der Waals surface area contributed by atoms with Crippen LogP contribution in [0.5, 0.6) is 0 Å². The largest absolute Gasteiger partial charge is 0.466 e. The average molecular weight is 325 g/mol. The normalized spacial score (nSPS) is 10.9. The van der Waals surface area contributed by atoms with Crippen molar-refractivity contribution >= 4 is 17.6 Å². The van der Waals surface area contributed by atoms with Crippen LogP contribution in [0.15, 0.2) is 60.3 Å². The molecule has 0 amide bonds. The smallest absolute Gasteiger partial charge is 0.354 e. The molecule has 0 saturated heterocycles. The van der Waals surface area contributed by atoms with Crippen LogP contribution < -0.4 is 5.32 Å². The minimum Gasteiger partial charge on any atom is -0.466 e. The highest BCUT2D eigenvalue weighted by molar-refractivity contribution is 5.98. The highest BCUT2D eigenvalue weighted by atomic mass is 16.5. The van der Waals surface area contributed by atoms with Crippen LogP contribution in [0.4, 0.5) is 5.69 Å². The zero-order valence-corrected chi connectivity index (χ0v) is 13.8. The number of carbonyl (C=O) groups excluding carboxylic acids is 2. The summed E-state index contributed by atoms with van der Waals surface area (Å²) >= 11 is 0. The Balaban J connectivity index is 2.23. The van der Waals surface area contributed by atoms with E-state index in [0.29, 0.717) is 5.69 Å². The molecule has 2 aromatic carbocycles. The Morgan fingerprint density at radius 3 is 2.21 bits per heavy atom. The number of nitrogens with one attached hydrogen (secondary N) is 1. The third-order valence-corrected chi connectivity index (χ3v) is 3.49. The molecule has 0 heterocycles. The molecule has 5 heteroatoms. The zero-order valence-electron chi connectivity index (χ0n) is 13.8. The lowest BCUT2D eigenvalue weighted by Crippen LogP contribution is -2.15. The van der Waals surface area contributed by atoms with E-state index in [1.54, 1.807) is 0 Å². The lowest BCUT2D eigenvalue weighted by atomic mass is 10.0. The molecule has 0 aromatic heterocycles. The predicted molar refractivity (Wildman–Crippen MR) is 92.4 cm³/mol. The number of rotatable bonds is 5. The molecule has 0 aliphatic rings. The molecule has 24 heavy (non-hydrogen) atoms. The number of aryl methyl sites for hydroxylation is 1. The first kappa shape index (κ1) is 17.3. The fraction of sp³-hybridized carbons (Fsp3) is 0.158. The fourth-order valence-corrected chi connectivity index (χ4v) is 2.22. The van der Waals surface area contributed by atoms with Crippen molar-refractivity contribution < 1.29 is 19.1 Å². The van der Waals surface area contributed by atoms with Gasteiger partial charge in [0.15, 0.2) is 0 Å². The van der Waals surface area contributed by atoms with Crippen LogP contribution in [0.3, 0.4) is 0 Å². The van der Waals surface area contributed by atoms with Gasteiger partial charge >= 0.3 is 11.9 Å². The Labute approximate surface area is 140 Å². The maximum atomic E-state index is 11.7. The predicted octanol–water partition coefficient (Wildman–Crippen LogP) is 3.30. The summed E-state index contributed by atoms with van der Waals surface area (Å²) in [6, 6.07) is 15.6. The van der Waals surface area contributed by atoms with E-state index in [9.17, 15) is 9.59 Å². The van der Waals surface area contributed by atoms with Crippen molar-refractivity contribution in [1.29, 1.82) is 0 Å². The van der Waals surface area contributed by atoms with Crippen molar-refractivity contribution in [2.75, 3.05) is 19.5 Å². The third kappa shape index (κ3) is 4.23. The van der Waals surface area contributed by atoms with Crippen LogP contribution in [0.25, 0.3) is 11.1 Å². The first-order valence-electron chi connectivity index (χ1n) is 7.36. The molecule has 0 radical (unpaired) electrons. The second-order valence-corrected chi connectivity index (χ2v) is 5.09. The van der Waals surface area contributed by atoms with Gasteiger partial charge in [0.2, 0.25) is 0 Å². The highest BCUT2D eigenvalue weighted by Gasteiger charge is 2.12. The summed E-state index contributed by atoms with van der Waals surface area (Å²) in [7, 11) is 2.49. The number of carbonyl (C=O) groups is 2. The molecule has 0 fully saturated rings.